The van der Waals surface area contributed by atoms with Crippen molar-refractivity contribution >= 4 is 14.5 Å². The first kappa shape index (κ1) is 4.24. The van der Waals surface area contributed by atoms with E-state index in [2.05, 4.69) is 0 Å². The normalized spacial score (nSPS) is 8.75. The number of hydrogen-bond acceptors (Lipinski definition) is 1. The quantitative estimate of drug-likeness (QED) is 0.383. The van der Waals surface area contributed by atoms with Crippen LogP contribution in [0.15, 0.2) is 0 Å². The van der Waals surface area contributed by atoms with E-state index in [-0.39, 0.29) is 0 Å². The van der Waals surface area contributed by atoms with Crippen LogP contribution in [0.2, 0.25) is 0 Å². The van der Waals surface area contributed by atoms with E-state index in [4.69, 9.17) is 12.2 Å². The summed E-state index contributed by atoms with van der Waals surface area (Å²) in [5.41, 5.74) is 0. The molecule has 0 radical (unpaired) electrons. The van der Waals surface area contributed by atoms with E-state index in [0.717, 1.165) is 0 Å². The van der Waals surface area contributed by atoms with E-state index >= 15 is 0 Å². The van der Waals surface area contributed by atoms with E-state index in [9.17, 15) is 0 Å². The fraction of sp³-hybridized carbons (Fsp3) is 0. The van der Waals surface area contributed by atoms with Crippen LogP contribution in [0.3, 0.4) is 0 Å². The maximum atomic E-state index is 8.76. The van der Waals surface area contributed by atoms with Crippen LogP contribution in [0.5, 0.6) is 0 Å². The monoisotopic (exact) mass is 125 g/mol. The first-order chi connectivity index (χ1) is 1.73. The van der Waals surface area contributed by atoms with Crippen molar-refractivity contribution in [3.8, 4) is 0 Å². The average Bonchev–Trinajstić information content (AvgIpc) is 0.811. The third-order valence-corrected chi connectivity index (χ3v) is 0. The van der Waals surface area contributed by atoms with Gasteiger partial charge in [0, 0.05) is 0 Å². The molecule has 0 rings (SSSR count). The Morgan fingerprint density at radius 2 is 1.50 bits per heavy atom. The summed E-state index contributed by atoms with van der Waals surface area (Å²) >= 11 is -3.29. The van der Waals surface area contributed by atoms with Gasteiger partial charge >= 0.3 is 26.7 Å². The van der Waals surface area contributed by atoms with Crippen molar-refractivity contribution < 1.29 is 12.2 Å². The van der Waals surface area contributed by atoms with Crippen LogP contribution in [0.4, 0.5) is 0 Å². The molecule has 0 saturated carbocycles. The third-order valence-electron chi connectivity index (χ3n) is 0. The van der Waals surface area contributed by atoms with Crippen LogP contribution >= 0.6 is 0 Å². The van der Waals surface area contributed by atoms with Crippen molar-refractivity contribution in [2.75, 3.05) is 0 Å². The predicted octanol–water partition coefficient (Wildman–Crippen LogP) is -1.61. The molecule has 0 fully saturated rings. The Kier molecular flexibility index (Phi) is 1.64. The minimum absolute atomic E-state index is 3.29. The molecular formula is H2O3Se. The molecule has 26 valence electrons. The van der Waals surface area contributed by atoms with Crippen LogP contribution in [0, 0.1) is 0 Å². The molecule has 0 aromatic carbocycles. The SMILES string of the molecule is O=[75Se](O)O. The molecule has 3 nitrogen and oxygen atoms in total. The van der Waals surface area contributed by atoms with Gasteiger partial charge in [-0.15, -0.1) is 0 Å². The van der Waals surface area contributed by atoms with Crippen LogP contribution in [0.1, 0.15) is 0 Å². The molecule has 4 heteroatoms. The van der Waals surface area contributed by atoms with E-state index in [1.807, 2.05) is 0 Å². The average molecular weight is 125 g/mol. The van der Waals surface area contributed by atoms with Gasteiger partial charge in [0.15, 0.2) is 0 Å². The molecule has 0 aliphatic heterocycles. The fourth-order valence-corrected chi connectivity index (χ4v) is 0. The second-order valence-electron chi connectivity index (χ2n) is 0.231. The summed E-state index contributed by atoms with van der Waals surface area (Å²) in [6.07, 6.45) is 0. The van der Waals surface area contributed by atoms with Gasteiger partial charge in [0.05, 0.1) is 0 Å². The van der Waals surface area contributed by atoms with Gasteiger partial charge in [-0.25, -0.2) is 0 Å². The Hall–Kier alpha value is 0.239. The third kappa shape index (κ3) is 60.0. The second-order valence-corrected chi connectivity index (χ2v) is 1.20. The van der Waals surface area contributed by atoms with Crippen LogP contribution in [-0.4, -0.2) is 22.9 Å². The van der Waals surface area contributed by atoms with Gasteiger partial charge in [-0.3, -0.25) is 0 Å². The van der Waals surface area contributed by atoms with Gasteiger partial charge in [-0.1, -0.05) is 0 Å². The minimum atomic E-state index is -3.29. The van der Waals surface area contributed by atoms with E-state index in [0.29, 0.717) is 0 Å². The van der Waals surface area contributed by atoms with Crippen molar-refractivity contribution in [1.82, 2.24) is 0 Å². The fourth-order valence-electron chi connectivity index (χ4n) is 0. The van der Waals surface area contributed by atoms with Gasteiger partial charge in [-0.05, 0) is 0 Å². The Morgan fingerprint density at radius 1 is 1.50 bits per heavy atom. The summed E-state index contributed by atoms with van der Waals surface area (Å²) in [6.45, 7) is 0. The van der Waals surface area contributed by atoms with Crippen LogP contribution < -0.4 is 0 Å². The molecule has 2 N–H and O–H groups in total. The van der Waals surface area contributed by atoms with Crippen LogP contribution in [0.25, 0.3) is 0 Å². The summed E-state index contributed by atoms with van der Waals surface area (Å²) in [5, 5.41) is 0. The molecule has 0 bridgehead atoms. The molecule has 4 heavy (non-hydrogen) atoms. The van der Waals surface area contributed by atoms with Gasteiger partial charge in [0.2, 0.25) is 0 Å². The zero-order valence-corrected chi connectivity index (χ0v) is 3.42. The Morgan fingerprint density at radius 3 is 1.50 bits per heavy atom. The Bertz CT molecular complexity index is 26.3. The Balaban J connectivity index is 2.80. The molecule has 0 unspecified atom stereocenters. The van der Waals surface area contributed by atoms with Crippen molar-refractivity contribution in [1.29, 1.82) is 0 Å². The molecule has 0 atom stereocenters. The van der Waals surface area contributed by atoms with Crippen molar-refractivity contribution in [3.05, 3.63) is 0 Å². The second kappa shape index (κ2) is 1.55. The molecular weight excluding hydrogens is 123 g/mol. The molecule has 0 aliphatic carbocycles. The molecule has 0 amide bonds. The van der Waals surface area contributed by atoms with E-state index < -0.39 is 14.5 Å². The van der Waals surface area contributed by atoms with Crippen molar-refractivity contribution in [2.45, 2.75) is 0 Å². The molecule has 0 saturated heterocycles. The summed E-state index contributed by atoms with van der Waals surface area (Å²) < 4.78 is 23.1. The summed E-state index contributed by atoms with van der Waals surface area (Å²) in [4.78, 5) is 0. The zero-order chi connectivity index (χ0) is 3.58. The first-order valence-electron chi connectivity index (χ1n) is 0.532. The van der Waals surface area contributed by atoms with Crippen molar-refractivity contribution in [3.63, 3.8) is 0 Å². The number of hydrogen-bond donors (Lipinski definition) is 2. The van der Waals surface area contributed by atoms with Gasteiger partial charge < -0.3 is 0 Å². The van der Waals surface area contributed by atoms with Gasteiger partial charge in [-0.2, -0.15) is 0 Å². The Labute approximate surface area is 27.6 Å². The summed E-state index contributed by atoms with van der Waals surface area (Å²) in [5.74, 6) is 0. The van der Waals surface area contributed by atoms with Crippen LogP contribution in [-0.2, 0) is 3.83 Å². The predicted molar refractivity (Wildman–Crippen MR) is 10.9 cm³/mol. The topological polar surface area (TPSA) is 57.5 Å². The molecule has 0 aromatic heterocycles. The maximum absolute atomic E-state index is 8.76. The van der Waals surface area contributed by atoms with Gasteiger partial charge in [0.1, 0.15) is 0 Å². The molecule has 0 aliphatic rings. The summed E-state index contributed by atoms with van der Waals surface area (Å²) in [6, 6.07) is 0. The first-order valence-corrected chi connectivity index (χ1v) is 2.76. The summed E-state index contributed by atoms with van der Waals surface area (Å²) in [7, 11) is 0. The van der Waals surface area contributed by atoms with Gasteiger partial charge in [0.25, 0.3) is 0 Å². The number of rotatable bonds is 0. The molecule has 0 heterocycles. The van der Waals surface area contributed by atoms with E-state index in [1.165, 1.54) is 0 Å². The van der Waals surface area contributed by atoms with Crippen molar-refractivity contribution in [2.24, 2.45) is 0 Å². The van der Waals surface area contributed by atoms with E-state index in [1.54, 1.807) is 0 Å². The molecule has 0 spiro atoms. The standard InChI is InChI=1S/H2O3Se/c1-4(2)3/h(H2,1,2,3)/i4-4. The molecule has 0 aromatic rings. The zero-order valence-electron chi connectivity index (χ0n) is 1.71.